The van der Waals surface area contributed by atoms with Crippen LogP contribution in [0.2, 0.25) is 0 Å². The lowest BCUT2D eigenvalue weighted by Crippen LogP contribution is -2.23. The zero-order valence-corrected chi connectivity index (χ0v) is 13.0. The summed E-state index contributed by atoms with van der Waals surface area (Å²) in [6.07, 6.45) is 1.92. The van der Waals surface area contributed by atoms with Gasteiger partial charge in [-0.25, -0.2) is 0 Å². The first kappa shape index (κ1) is 15.7. The van der Waals surface area contributed by atoms with Crippen LogP contribution in [0.25, 0.3) is 11.3 Å². The van der Waals surface area contributed by atoms with Gasteiger partial charge in [0.05, 0.1) is 12.8 Å². The van der Waals surface area contributed by atoms with E-state index in [4.69, 9.17) is 4.74 Å². The lowest BCUT2D eigenvalue weighted by molar-refractivity contribution is 0.0999. The molecule has 2 heterocycles. The molecule has 1 unspecified atom stereocenters. The maximum atomic E-state index is 12.2. The van der Waals surface area contributed by atoms with Gasteiger partial charge in [0.15, 0.2) is 5.43 Å². The monoisotopic (exact) mass is 327 g/mol. The lowest BCUT2D eigenvalue weighted by atomic mass is 9.92. The fraction of sp³-hybridized carbons (Fsp3) is 0.250. The minimum absolute atomic E-state index is 0.0841. The number of methoxy groups -OCH3 is 1. The Morgan fingerprint density at radius 1 is 1.29 bits per heavy atom. The molecule has 0 aliphatic carbocycles. The van der Waals surface area contributed by atoms with Crippen molar-refractivity contribution in [3.63, 3.8) is 0 Å². The van der Waals surface area contributed by atoms with Crippen LogP contribution in [0.4, 0.5) is 5.69 Å². The molecule has 0 spiro atoms. The zero-order chi connectivity index (χ0) is 17.4. The first-order chi connectivity index (χ1) is 11.5. The van der Waals surface area contributed by atoms with Crippen molar-refractivity contribution in [3.05, 3.63) is 55.6 Å². The summed E-state index contributed by atoms with van der Waals surface area (Å²) in [6.45, 7) is 1.90. The van der Waals surface area contributed by atoms with E-state index in [9.17, 15) is 19.4 Å². The van der Waals surface area contributed by atoms with Crippen molar-refractivity contribution in [2.75, 3.05) is 7.11 Å². The van der Waals surface area contributed by atoms with E-state index in [1.54, 1.807) is 16.7 Å². The minimum atomic E-state index is -1.09. The van der Waals surface area contributed by atoms with Crippen LogP contribution in [0.3, 0.4) is 0 Å². The fourth-order valence-corrected chi connectivity index (χ4v) is 3.01. The quantitative estimate of drug-likeness (QED) is 0.805. The van der Waals surface area contributed by atoms with Crippen LogP contribution < -0.4 is 10.2 Å². The molecular formula is C16H13N3O5. The Kier molecular flexibility index (Phi) is 3.80. The van der Waals surface area contributed by atoms with Gasteiger partial charge in [0.1, 0.15) is 17.0 Å². The van der Waals surface area contributed by atoms with Crippen molar-refractivity contribution in [1.29, 1.82) is 0 Å². The number of ether oxygens (including phenoxy) is 1. The topological polar surface area (TPSA) is 107 Å². The van der Waals surface area contributed by atoms with E-state index in [1.165, 1.54) is 19.4 Å². The SMILES string of the molecule is COc1cc2c(cc1N=O)CC(C)n1cc(C(=O)N=O)c(=O)cc1-2. The average Bonchev–Trinajstić information content (AvgIpc) is 2.59. The number of rotatable bonds is 3. The van der Waals surface area contributed by atoms with E-state index >= 15 is 0 Å². The number of fused-ring (bicyclic) bond motifs is 3. The summed E-state index contributed by atoms with van der Waals surface area (Å²) in [4.78, 5) is 45.0. The highest BCUT2D eigenvalue weighted by Gasteiger charge is 2.25. The van der Waals surface area contributed by atoms with Gasteiger partial charge in [-0.1, -0.05) is 0 Å². The number of aromatic nitrogens is 1. The highest BCUT2D eigenvalue weighted by atomic mass is 16.5. The number of nitrogens with zero attached hydrogens (tertiary/aromatic N) is 3. The van der Waals surface area contributed by atoms with Gasteiger partial charge in [0, 0.05) is 29.0 Å². The fourth-order valence-electron chi connectivity index (χ4n) is 3.01. The van der Waals surface area contributed by atoms with E-state index in [1.807, 2.05) is 6.92 Å². The molecule has 0 radical (unpaired) electrons. The van der Waals surface area contributed by atoms with E-state index in [2.05, 4.69) is 10.4 Å². The number of amides is 1. The Hall–Kier alpha value is -3.16. The molecule has 24 heavy (non-hydrogen) atoms. The van der Waals surface area contributed by atoms with Crippen molar-refractivity contribution < 1.29 is 9.53 Å². The molecule has 1 aromatic heterocycles. The third-order valence-electron chi connectivity index (χ3n) is 4.16. The predicted molar refractivity (Wildman–Crippen MR) is 86.7 cm³/mol. The van der Waals surface area contributed by atoms with Crippen LogP contribution in [0.15, 0.2) is 39.5 Å². The molecule has 8 heteroatoms. The number of hydrogen-bond donors (Lipinski definition) is 0. The molecular weight excluding hydrogens is 314 g/mol. The standard InChI is InChI=1S/C16H13N3O5/c1-8-3-9-4-12(17-22)15(24-2)5-10(9)13-6-14(20)11(7-19(8)13)16(21)18-23/h4-8H,3H2,1-2H3. The van der Waals surface area contributed by atoms with E-state index in [0.29, 0.717) is 23.4 Å². The van der Waals surface area contributed by atoms with Crippen LogP contribution in [0.1, 0.15) is 28.9 Å². The highest BCUT2D eigenvalue weighted by molar-refractivity contribution is 5.94. The lowest BCUT2D eigenvalue weighted by Gasteiger charge is -2.28. The Bertz CT molecular complexity index is 932. The van der Waals surface area contributed by atoms with Crippen molar-refractivity contribution >= 4 is 11.6 Å². The van der Waals surface area contributed by atoms with Gasteiger partial charge >= 0.3 is 5.91 Å². The number of pyridine rings is 1. The summed E-state index contributed by atoms with van der Waals surface area (Å²) in [5.74, 6) is -0.793. The second-order valence-corrected chi connectivity index (χ2v) is 5.57. The second-order valence-electron chi connectivity index (χ2n) is 5.57. The van der Waals surface area contributed by atoms with E-state index < -0.39 is 11.3 Å². The molecule has 0 bridgehead atoms. The van der Waals surface area contributed by atoms with E-state index in [0.717, 1.165) is 5.56 Å². The molecule has 0 saturated heterocycles. The van der Waals surface area contributed by atoms with Gasteiger partial charge in [0.25, 0.3) is 0 Å². The molecule has 8 nitrogen and oxygen atoms in total. The molecule has 2 aromatic rings. The minimum Gasteiger partial charge on any atom is -0.494 e. The maximum Gasteiger partial charge on any atom is 0.322 e. The third kappa shape index (κ3) is 2.32. The summed E-state index contributed by atoms with van der Waals surface area (Å²) in [7, 11) is 1.42. The van der Waals surface area contributed by atoms with Crippen LogP contribution in [-0.4, -0.2) is 17.6 Å². The maximum absolute atomic E-state index is 12.2. The second kappa shape index (κ2) is 5.80. The van der Waals surface area contributed by atoms with Gasteiger partial charge < -0.3 is 9.30 Å². The van der Waals surface area contributed by atoms with Gasteiger partial charge in [0.2, 0.25) is 0 Å². The number of hydrogen-bond acceptors (Lipinski definition) is 6. The smallest absolute Gasteiger partial charge is 0.322 e. The molecule has 1 atom stereocenters. The van der Waals surface area contributed by atoms with Crippen LogP contribution >= 0.6 is 0 Å². The number of carbonyl (C=O) groups excluding carboxylic acids is 1. The molecule has 1 aromatic carbocycles. The predicted octanol–water partition coefficient (Wildman–Crippen LogP) is 2.95. The Morgan fingerprint density at radius 2 is 2.04 bits per heavy atom. The molecule has 0 fully saturated rings. The summed E-state index contributed by atoms with van der Waals surface area (Å²) in [5.41, 5.74) is 1.49. The van der Waals surface area contributed by atoms with Crippen molar-refractivity contribution in [3.8, 4) is 17.0 Å². The first-order valence-corrected chi connectivity index (χ1v) is 7.18. The number of benzene rings is 1. The largest absolute Gasteiger partial charge is 0.494 e. The summed E-state index contributed by atoms with van der Waals surface area (Å²) in [5, 5.41) is 5.28. The van der Waals surface area contributed by atoms with E-state index in [-0.39, 0.29) is 17.3 Å². The molecule has 122 valence electrons. The first-order valence-electron chi connectivity index (χ1n) is 7.18. The van der Waals surface area contributed by atoms with Crippen LogP contribution in [0, 0.1) is 9.81 Å². The average molecular weight is 327 g/mol. The molecule has 1 aliphatic heterocycles. The van der Waals surface area contributed by atoms with Crippen LogP contribution in [-0.2, 0) is 6.42 Å². The third-order valence-corrected chi connectivity index (χ3v) is 4.16. The van der Waals surface area contributed by atoms with Crippen molar-refractivity contribution in [1.82, 2.24) is 4.57 Å². The van der Waals surface area contributed by atoms with Crippen molar-refractivity contribution in [2.24, 2.45) is 10.4 Å². The molecule has 3 rings (SSSR count). The van der Waals surface area contributed by atoms with Gasteiger partial charge in [-0.3, -0.25) is 9.59 Å². The Balaban J connectivity index is 2.28. The summed E-state index contributed by atoms with van der Waals surface area (Å²) >= 11 is 0. The van der Waals surface area contributed by atoms with Gasteiger partial charge in [-0.2, -0.15) is 0 Å². The summed E-state index contributed by atoms with van der Waals surface area (Å²) in [6, 6.07) is 4.49. The van der Waals surface area contributed by atoms with Gasteiger partial charge in [-0.05, 0) is 36.2 Å². The number of carbonyl (C=O) groups is 1. The molecule has 1 aliphatic rings. The molecule has 0 saturated carbocycles. The molecule has 0 N–H and O–H groups in total. The van der Waals surface area contributed by atoms with Gasteiger partial charge in [-0.15, -0.1) is 9.81 Å². The van der Waals surface area contributed by atoms with Crippen LogP contribution in [0.5, 0.6) is 5.75 Å². The normalized spacial score (nSPS) is 15.2. The number of nitroso groups, excluding NO2 is 2. The van der Waals surface area contributed by atoms with Crippen molar-refractivity contribution in [2.45, 2.75) is 19.4 Å². The summed E-state index contributed by atoms with van der Waals surface area (Å²) < 4.78 is 6.91. The Morgan fingerprint density at radius 3 is 2.67 bits per heavy atom. The highest BCUT2D eigenvalue weighted by Crippen LogP contribution is 2.40. The zero-order valence-electron chi connectivity index (χ0n) is 13.0. The molecule has 1 amide bonds. The Labute approximate surface area is 136 Å².